The second-order valence-corrected chi connectivity index (χ2v) is 4.92. The molecule has 0 saturated heterocycles. The first-order valence-corrected chi connectivity index (χ1v) is 6.21. The summed E-state index contributed by atoms with van der Waals surface area (Å²) in [5.74, 6) is -0.393. The van der Waals surface area contributed by atoms with Crippen molar-refractivity contribution in [3.63, 3.8) is 0 Å². The van der Waals surface area contributed by atoms with Gasteiger partial charge in [-0.15, -0.1) is 0 Å². The molecule has 0 unspecified atom stereocenters. The van der Waals surface area contributed by atoms with Gasteiger partial charge in [0.2, 0.25) is 5.95 Å². The van der Waals surface area contributed by atoms with E-state index in [2.05, 4.69) is 9.97 Å². The van der Waals surface area contributed by atoms with Crippen LogP contribution in [0.5, 0.6) is 0 Å². The summed E-state index contributed by atoms with van der Waals surface area (Å²) < 4.78 is 39.0. The minimum Gasteiger partial charge on any atom is -0.368 e. The highest BCUT2D eigenvalue weighted by Crippen LogP contribution is 2.35. The van der Waals surface area contributed by atoms with Gasteiger partial charge in [-0.3, -0.25) is 0 Å². The summed E-state index contributed by atoms with van der Waals surface area (Å²) in [4.78, 5) is 8.96. The first-order chi connectivity index (χ1) is 9.77. The first kappa shape index (κ1) is 15.2. The summed E-state index contributed by atoms with van der Waals surface area (Å²) in [5, 5.41) is 0. The van der Waals surface area contributed by atoms with E-state index in [9.17, 15) is 13.2 Å². The molecule has 21 heavy (non-hydrogen) atoms. The SMILES string of the molecule is CN(C)Cc1ccc(-c2cnc(N)nc2C(F)(F)F)cc1. The lowest BCUT2D eigenvalue weighted by Gasteiger charge is -2.13. The van der Waals surface area contributed by atoms with E-state index >= 15 is 0 Å². The molecule has 0 radical (unpaired) electrons. The smallest absolute Gasteiger partial charge is 0.368 e. The van der Waals surface area contributed by atoms with Crippen LogP contribution in [0.3, 0.4) is 0 Å². The third-order valence-electron chi connectivity index (χ3n) is 2.84. The summed E-state index contributed by atoms with van der Waals surface area (Å²) in [6.07, 6.45) is -3.47. The van der Waals surface area contributed by atoms with Crippen LogP contribution in [0.4, 0.5) is 19.1 Å². The fraction of sp³-hybridized carbons (Fsp3) is 0.286. The Morgan fingerprint density at radius 2 is 1.76 bits per heavy atom. The maximum absolute atomic E-state index is 13.0. The van der Waals surface area contributed by atoms with E-state index in [0.717, 1.165) is 11.8 Å². The van der Waals surface area contributed by atoms with Gasteiger partial charge in [-0.05, 0) is 25.2 Å². The zero-order valence-corrected chi connectivity index (χ0v) is 11.6. The molecule has 1 aromatic carbocycles. The number of benzene rings is 1. The number of nitrogens with zero attached hydrogens (tertiary/aromatic N) is 3. The van der Waals surface area contributed by atoms with Gasteiger partial charge in [0.15, 0.2) is 5.69 Å². The van der Waals surface area contributed by atoms with E-state index in [4.69, 9.17) is 5.73 Å². The van der Waals surface area contributed by atoms with Crippen molar-refractivity contribution in [1.29, 1.82) is 0 Å². The topological polar surface area (TPSA) is 55.0 Å². The van der Waals surface area contributed by atoms with Crippen LogP contribution < -0.4 is 5.73 Å². The van der Waals surface area contributed by atoms with Gasteiger partial charge >= 0.3 is 6.18 Å². The van der Waals surface area contributed by atoms with Crippen LogP contribution in [0.15, 0.2) is 30.5 Å². The van der Waals surface area contributed by atoms with Crippen molar-refractivity contribution in [2.75, 3.05) is 19.8 Å². The van der Waals surface area contributed by atoms with Crippen molar-refractivity contribution in [1.82, 2.24) is 14.9 Å². The molecule has 1 aromatic heterocycles. The molecule has 112 valence electrons. The molecule has 2 aromatic rings. The number of anilines is 1. The van der Waals surface area contributed by atoms with Gasteiger partial charge in [0.25, 0.3) is 0 Å². The van der Waals surface area contributed by atoms with Crippen molar-refractivity contribution in [3.05, 3.63) is 41.7 Å². The van der Waals surface area contributed by atoms with Crippen LogP contribution in [0.1, 0.15) is 11.3 Å². The molecule has 0 aliphatic rings. The molecule has 0 bridgehead atoms. The number of rotatable bonds is 3. The lowest BCUT2D eigenvalue weighted by molar-refractivity contribution is -0.140. The fourth-order valence-electron chi connectivity index (χ4n) is 1.98. The molecule has 0 amide bonds. The second kappa shape index (κ2) is 5.69. The lowest BCUT2D eigenvalue weighted by atomic mass is 10.0. The Kier molecular flexibility index (Phi) is 4.13. The molecule has 2 N–H and O–H groups in total. The van der Waals surface area contributed by atoms with Crippen molar-refractivity contribution >= 4 is 5.95 Å². The molecule has 7 heteroatoms. The van der Waals surface area contributed by atoms with Crippen LogP contribution in [0.25, 0.3) is 11.1 Å². The molecule has 0 fully saturated rings. The molecular formula is C14H15F3N4. The van der Waals surface area contributed by atoms with Crippen molar-refractivity contribution in [2.45, 2.75) is 12.7 Å². The van der Waals surface area contributed by atoms with Gasteiger partial charge in [-0.1, -0.05) is 24.3 Å². The monoisotopic (exact) mass is 296 g/mol. The predicted molar refractivity (Wildman–Crippen MR) is 74.3 cm³/mol. The minimum absolute atomic E-state index is 0.0758. The quantitative estimate of drug-likeness (QED) is 0.946. The van der Waals surface area contributed by atoms with Crippen LogP contribution >= 0.6 is 0 Å². The van der Waals surface area contributed by atoms with Crippen LogP contribution in [0, 0.1) is 0 Å². The Labute approximate surface area is 120 Å². The molecule has 1 heterocycles. The van der Waals surface area contributed by atoms with Crippen LogP contribution in [0.2, 0.25) is 0 Å². The Balaban J connectivity index is 2.42. The predicted octanol–water partition coefficient (Wildman–Crippen LogP) is 2.81. The molecule has 0 spiro atoms. The Bertz CT molecular complexity index is 621. The summed E-state index contributed by atoms with van der Waals surface area (Å²) in [6.45, 7) is 0.713. The van der Waals surface area contributed by atoms with E-state index < -0.39 is 17.8 Å². The number of halogens is 3. The highest BCUT2D eigenvalue weighted by Gasteiger charge is 2.36. The molecular weight excluding hydrogens is 281 g/mol. The Hall–Kier alpha value is -2.15. The highest BCUT2D eigenvalue weighted by atomic mass is 19.4. The third kappa shape index (κ3) is 3.69. The zero-order valence-electron chi connectivity index (χ0n) is 11.6. The normalized spacial score (nSPS) is 11.9. The van der Waals surface area contributed by atoms with E-state index in [1.165, 1.54) is 0 Å². The van der Waals surface area contributed by atoms with Gasteiger partial charge < -0.3 is 10.6 Å². The number of aromatic nitrogens is 2. The average Bonchev–Trinajstić information content (AvgIpc) is 2.38. The maximum atomic E-state index is 13.0. The van der Waals surface area contributed by atoms with Crippen molar-refractivity contribution in [2.24, 2.45) is 0 Å². The van der Waals surface area contributed by atoms with Gasteiger partial charge in [0, 0.05) is 18.3 Å². The van der Waals surface area contributed by atoms with E-state index in [-0.39, 0.29) is 5.56 Å². The summed E-state index contributed by atoms with van der Waals surface area (Å²) in [5.41, 5.74) is 5.57. The van der Waals surface area contributed by atoms with Gasteiger partial charge in [-0.2, -0.15) is 13.2 Å². The van der Waals surface area contributed by atoms with Crippen LogP contribution in [-0.4, -0.2) is 29.0 Å². The molecule has 0 aliphatic carbocycles. The molecule has 0 aliphatic heterocycles. The minimum atomic E-state index is -4.57. The zero-order chi connectivity index (χ0) is 15.6. The number of nitrogens with two attached hydrogens (primary N) is 1. The summed E-state index contributed by atoms with van der Waals surface area (Å²) in [6, 6.07) is 6.82. The Morgan fingerprint density at radius 3 is 2.29 bits per heavy atom. The standard InChI is InChI=1S/C14H15F3N4/c1-21(2)8-9-3-5-10(6-4-9)11-7-19-13(18)20-12(11)14(15,16)17/h3-7H,8H2,1-2H3,(H2,18,19,20). The Morgan fingerprint density at radius 1 is 1.14 bits per heavy atom. The van der Waals surface area contributed by atoms with Gasteiger partial charge in [-0.25, -0.2) is 9.97 Å². The maximum Gasteiger partial charge on any atom is 0.434 e. The van der Waals surface area contributed by atoms with Crippen molar-refractivity contribution < 1.29 is 13.2 Å². The number of hydrogen-bond donors (Lipinski definition) is 1. The van der Waals surface area contributed by atoms with E-state index in [0.29, 0.717) is 12.1 Å². The highest BCUT2D eigenvalue weighted by molar-refractivity contribution is 5.66. The largest absolute Gasteiger partial charge is 0.434 e. The number of alkyl halides is 3. The average molecular weight is 296 g/mol. The second-order valence-electron chi connectivity index (χ2n) is 4.92. The number of hydrogen-bond acceptors (Lipinski definition) is 4. The fourth-order valence-corrected chi connectivity index (χ4v) is 1.98. The van der Waals surface area contributed by atoms with Crippen molar-refractivity contribution in [3.8, 4) is 11.1 Å². The van der Waals surface area contributed by atoms with Crippen LogP contribution in [-0.2, 0) is 12.7 Å². The first-order valence-electron chi connectivity index (χ1n) is 6.21. The van der Waals surface area contributed by atoms with Gasteiger partial charge in [0.1, 0.15) is 0 Å². The summed E-state index contributed by atoms with van der Waals surface area (Å²) >= 11 is 0. The van der Waals surface area contributed by atoms with Gasteiger partial charge in [0.05, 0.1) is 0 Å². The van der Waals surface area contributed by atoms with E-state index in [1.54, 1.807) is 24.3 Å². The third-order valence-corrected chi connectivity index (χ3v) is 2.84. The molecule has 4 nitrogen and oxygen atoms in total. The lowest BCUT2D eigenvalue weighted by Crippen LogP contribution is -2.13. The molecule has 2 rings (SSSR count). The molecule has 0 saturated carbocycles. The molecule has 0 atom stereocenters. The number of nitrogen functional groups attached to an aromatic ring is 1. The van der Waals surface area contributed by atoms with E-state index in [1.807, 2.05) is 19.0 Å². The summed E-state index contributed by atoms with van der Waals surface area (Å²) in [7, 11) is 3.84.